The minimum absolute atomic E-state index is 0.135. The zero-order chi connectivity index (χ0) is 14.9. The van der Waals surface area contributed by atoms with Gasteiger partial charge in [0, 0.05) is 18.3 Å². The van der Waals surface area contributed by atoms with Crippen molar-refractivity contribution in [2.24, 2.45) is 0 Å². The van der Waals surface area contributed by atoms with Crippen LogP contribution < -0.4 is 10.6 Å². The van der Waals surface area contributed by atoms with Gasteiger partial charge in [0.15, 0.2) is 0 Å². The Balaban J connectivity index is 1.61. The Morgan fingerprint density at radius 1 is 1.00 bits per heavy atom. The SMILES string of the molecule is O=C(NCCCCc1ccccc1)Nc1cccc(O)c1. The summed E-state index contributed by atoms with van der Waals surface area (Å²) in [6, 6.07) is 16.6. The van der Waals surface area contributed by atoms with E-state index in [1.165, 1.54) is 11.6 Å². The molecule has 0 aliphatic heterocycles. The number of unbranched alkanes of at least 4 members (excludes halogenated alkanes) is 1. The van der Waals surface area contributed by atoms with Crippen molar-refractivity contribution >= 4 is 11.7 Å². The number of amides is 2. The van der Waals surface area contributed by atoms with Crippen LogP contribution in [0.1, 0.15) is 18.4 Å². The third-order valence-corrected chi connectivity index (χ3v) is 3.12. The average molecular weight is 284 g/mol. The number of urea groups is 1. The predicted molar refractivity (Wildman–Crippen MR) is 84.5 cm³/mol. The zero-order valence-corrected chi connectivity index (χ0v) is 11.9. The van der Waals surface area contributed by atoms with Gasteiger partial charge in [0.05, 0.1) is 0 Å². The summed E-state index contributed by atoms with van der Waals surface area (Å²) in [4.78, 5) is 11.7. The summed E-state index contributed by atoms with van der Waals surface area (Å²) in [6.07, 6.45) is 3.00. The van der Waals surface area contributed by atoms with Crippen LogP contribution >= 0.6 is 0 Å². The molecule has 2 rings (SSSR count). The number of carbonyl (C=O) groups excluding carboxylic acids is 1. The fourth-order valence-corrected chi connectivity index (χ4v) is 2.06. The summed E-state index contributed by atoms with van der Waals surface area (Å²) >= 11 is 0. The van der Waals surface area contributed by atoms with Crippen LogP contribution in [0.5, 0.6) is 5.75 Å². The van der Waals surface area contributed by atoms with Crippen molar-refractivity contribution in [1.29, 1.82) is 0 Å². The molecule has 0 spiro atoms. The summed E-state index contributed by atoms with van der Waals surface area (Å²) in [5.74, 6) is 0.135. The van der Waals surface area contributed by atoms with Crippen LogP contribution in [0, 0.1) is 0 Å². The molecule has 0 saturated carbocycles. The van der Waals surface area contributed by atoms with E-state index in [4.69, 9.17) is 0 Å². The van der Waals surface area contributed by atoms with E-state index in [1.807, 2.05) is 18.2 Å². The quantitative estimate of drug-likeness (QED) is 0.711. The highest BCUT2D eigenvalue weighted by atomic mass is 16.3. The number of phenols is 1. The van der Waals surface area contributed by atoms with Crippen molar-refractivity contribution in [3.05, 3.63) is 60.2 Å². The maximum atomic E-state index is 11.7. The maximum absolute atomic E-state index is 11.7. The normalized spacial score (nSPS) is 10.1. The third kappa shape index (κ3) is 5.57. The lowest BCUT2D eigenvalue weighted by molar-refractivity contribution is 0.252. The molecular formula is C17H20N2O2. The first-order valence-electron chi connectivity index (χ1n) is 7.12. The Kier molecular flexibility index (Phi) is 5.64. The Labute approximate surface area is 124 Å². The Morgan fingerprint density at radius 2 is 1.81 bits per heavy atom. The summed E-state index contributed by atoms with van der Waals surface area (Å²) in [5.41, 5.74) is 1.90. The van der Waals surface area contributed by atoms with Gasteiger partial charge < -0.3 is 15.7 Å². The van der Waals surface area contributed by atoms with E-state index in [9.17, 15) is 9.90 Å². The zero-order valence-electron chi connectivity index (χ0n) is 11.9. The van der Waals surface area contributed by atoms with Gasteiger partial charge in [0.25, 0.3) is 0 Å². The van der Waals surface area contributed by atoms with E-state index in [0.29, 0.717) is 12.2 Å². The van der Waals surface area contributed by atoms with Crippen molar-refractivity contribution < 1.29 is 9.90 Å². The van der Waals surface area contributed by atoms with Crippen molar-refractivity contribution in [2.75, 3.05) is 11.9 Å². The molecule has 2 amide bonds. The van der Waals surface area contributed by atoms with Crippen molar-refractivity contribution in [3.8, 4) is 5.75 Å². The molecule has 21 heavy (non-hydrogen) atoms. The van der Waals surface area contributed by atoms with E-state index in [1.54, 1.807) is 18.2 Å². The first-order chi connectivity index (χ1) is 10.2. The molecule has 0 fully saturated rings. The lowest BCUT2D eigenvalue weighted by atomic mass is 10.1. The molecule has 2 aromatic rings. The van der Waals surface area contributed by atoms with E-state index >= 15 is 0 Å². The molecule has 0 aliphatic rings. The molecule has 0 radical (unpaired) electrons. The van der Waals surface area contributed by atoms with Crippen LogP contribution in [-0.4, -0.2) is 17.7 Å². The summed E-state index contributed by atoms with van der Waals surface area (Å²) in [6.45, 7) is 0.636. The molecule has 0 atom stereocenters. The molecule has 4 heteroatoms. The second-order valence-electron chi connectivity index (χ2n) is 4.87. The number of hydrogen-bond acceptors (Lipinski definition) is 2. The van der Waals surface area contributed by atoms with Crippen LogP contribution in [0.25, 0.3) is 0 Å². The number of hydrogen-bond donors (Lipinski definition) is 3. The number of nitrogens with one attached hydrogen (secondary N) is 2. The molecular weight excluding hydrogens is 264 g/mol. The van der Waals surface area contributed by atoms with Crippen molar-refractivity contribution in [2.45, 2.75) is 19.3 Å². The topological polar surface area (TPSA) is 61.4 Å². The van der Waals surface area contributed by atoms with Gasteiger partial charge in [0.2, 0.25) is 0 Å². The number of anilines is 1. The summed E-state index contributed by atoms with van der Waals surface area (Å²) in [7, 11) is 0. The Bertz CT molecular complexity index is 570. The second kappa shape index (κ2) is 7.94. The average Bonchev–Trinajstić information content (AvgIpc) is 2.48. The molecule has 0 aromatic heterocycles. The van der Waals surface area contributed by atoms with Gasteiger partial charge in [-0.05, 0) is 37.0 Å². The van der Waals surface area contributed by atoms with E-state index < -0.39 is 0 Å². The maximum Gasteiger partial charge on any atom is 0.319 e. The van der Waals surface area contributed by atoms with Crippen LogP contribution in [0.3, 0.4) is 0 Å². The van der Waals surface area contributed by atoms with Crippen molar-refractivity contribution in [1.82, 2.24) is 5.32 Å². The minimum Gasteiger partial charge on any atom is -0.508 e. The summed E-state index contributed by atoms with van der Waals surface area (Å²) in [5, 5.41) is 14.8. The lowest BCUT2D eigenvalue weighted by Gasteiger charge is -2.08. The molecule has 0 saturated heterocycles. The molecule has 0 unspecified atom stereocenters. The van der Waals surface area contributed by atoms with Gasteiger partial charge >= 0.3 is 6.03 Å². The molecule has 0 aliphatic carbocycles. The number of benzene rings is 2. The van der Waals surface area contributed by atoms with E-state index in [-0.39, 0.29) is 11.8 Å². The van der Waals surface area contributed by atoms with Crippen LogP contribution in [0.15, 0.2) is 54.6 Å². The highest BCUT2D eigenvalue weighted by Crippen LogP contribution is 2.14. The number of aromatic hydroxyl groups is 1. The van der Waals surface area contributed by atoms with Crippen LogP contribution in [0.2, 0.25) is 0 Å². The predicted octanol–water partition coefficient (Wildman–Crippen LogP) is 3.54. The van der Waals surface area contributed by atoms with Crippen LogP contribution in [-0.2, 0) is 6.42 Å². The number of phenolic OH excluding ortho intramolecular Hbond substituents is 1. The second-order valence-corrected chi connectivity index (χ2v) is 4.87. The molecule has 2 aromatic carbocycles. The fourth-order valence-electron chi connectivity index (χ4n) is 2.06. The smallest absolute Gasteiger partial charge is 0.319 e. The monoisotopic (exact) mass is 284 g/mol. The Morgan fingerprint density at radius 3 is 2.57 bits per heavy atom. The van der Waals surface area contributed by atoms with Gasteiger partial charge in [0.1, 0.15) is 5.75 Å². The first kappa shape index (κ1) is 14.9. The lowest BCUT2D eigenvalue weighted by Crippen LogP contribution is -2.29. The van der Waals surface area contributed by atoms with Crippen molar-refractivity contribution in [3.63, 3.8) is 0 Å². The van der Waals surface area contributed by atoms with Gasteiger partial charge in [-0.15, -0.1) is 0 Å². The largest absolute Gasteiger partial charge is 0.508 e. The molecule has 4 nitrogen and oxygen atoms in total. The highest BCUT2D eigenvalue weighted by Gasteiger charge is 2.01. The van der Waals surface area contributed by atoms with Gasteiger partial charge in [-0.3, -0.25) is 0 Å². The third-order valence-electron chi connectivity index (χ3n) is 3.12. The molecule has 0 bridgehead atoms. The standard InChI is InChI=1S/C17H20N2O2/c20-16-11-6-10-15(13-16)19-17(21)18-12-5-4-9-14-7-2-1-3-8-14/h1-3,6-8,10-11,13,20H,4-5,9,12H2,(H2,18,19,21). The van der Waals surface area contributed by atoms with Crippen LogP contribution in [0.4, 0.5) is 10.5 Å². The number of carbonyl (C=O) groups is 1. The molecule has 110 valence electrons. The van der Waals surface area contributed by atoms with Gasteiger partial charge in [-0.2, -0.15) is 0 Å². The first-order valence-corrected chi connectivity index (χ1v) is 7.12. The Hall–Kier alpha value is -2.49. The van der Waals surface area contributed by atoms with Gasteiger partial charge in [-0.25, -0.2) is 4.79 Å². The van der Waals surface area contributed by atoms with E-state index in [2.05, 4.69) is 22.8 Å². The van der Waals surface area contributed by atoms with E-state index in [0.717, 1.165) is 19.3 Å². The fraction of sp³-hybridized carbons (Fsp3) is 0.235. The summed E-state index contributed by atoms with van der Waals surface area (Å²) < 4.78 is 0. The molecule has 0 heterocycles. The number of aryl methyl sites for hydroxylation is 1. The van der Waals surface area contributed by atoms with Gasteiger partial charge in [-0.1, -0.05) is 36.4 Å². The minimum atomic E-state index is -0.250. The highest BCUT2D eigenvalue weighted by molar-refractivity contribution is 5.89. The molecule has 3 N–H and O–H groups in total. The number of rotatable bonds is 6.